The fourth-order valence-corrected chi connectivity index (χ4v) is 9.00. The van der Waals surface area contributed by atoms with Crippen LogP contribution in [0.15, 0.2) is 12.7 Å². The summed E-state index contributed by atoms with van der Waals surface area (Å²) in [5.41, 5.74) is 0. The molecule has 3 heterocycles. The normalized spacial score (nSPS) is 18.3. The Morgan fingerprint density at radius 1 is 0.462 bits per heavy atom. The first kappa shape index (κ1) is 99.8. The van der Waals surface area contributed by atoms with Gasteiger partial charge in [-0.15, -0.1) is 6.58 Å². The average Bonchev–Trinajstić information content (AvgIpc) is 2.35. The van der Waals surface area contributed by atoms with Crippen molar-refractivity contribution < 1.29 is 128 Å². The van der Waals surface area contributed by atoms with Crippen LogP contribution in [0.4, 0.5) is 0 Å². The summed E-state index contributed by atoms with van der Waals surface area (Å²) in [7, 11) is 15.0. The maximum atomic E-state index is 10.9. The monoisotopic (exact) mass is 1380 g/mol. The molecule has 0 spiro atoms. The van der Waals surface area contributed by atoms with Crippen LogP contribution in [0.2, 0.25) is 0 Å². The van der Waals surface area contributed by atoms with Crippen molar-refractivity contribution in [3.8, 4) is 0 Å². The SMILES string of the molecule is C=CCC(O)C(OC)OC.CC.CCCCC(O)C(OC)OC.CCCCC(O)C=O.CCCCC(OC1CCCCO1)C(OC)OC.COC(C=O)OC.COC(OC)C(CCCO)OC1CCCCO1.COC(OC)C(CCCOS(C)(=O)=O)OC1CCCCO1. The number of carbonyl (C=O) groups excluding carboxylic acids is 2. The molecule has 3 aliphatic rings. The van der Waals surface area contributed by atoms with E-state index in [2.05, 4.69) is 29.9 Å². The molecule has 27 nitrogen and oxygen atoms in total. The van der Waals surface area contributed by atoms with Gasteiger partial charge in [0, 0.05) is 112 Å². The third-order valence-corrected chi connectivity index (χ3v) is 14.1. The second kappa shape index (κ2) is 72.8. The quantitative estimate of drug-likeness (QED) is 0.0146. The topological polar surface area (TPSA) is 325 Å². The van der Waals surface area contributed by atoms with Gasteiger partial charge in [-0.05, 0) is 109 Å². The fraction of sp³-hybridized carbons (Fsp3) is 0.938. The first-order chi connectivity index (χ1) is 44.8. The highest BCUT2D eigenvalue weighted by Gasteiger charge is 2.30. The van der Waals surface area contributed by atoms with Gasteiger partial charge < -0.3 is 110 Å². The number of carbonyl (C=O) groups is 2. The lowest BCUT2D eigenvalue weighted by Crippen LogP contribution is -2.37. The van der Waals surface area contributed by atoms with E-state index >= 15 is 0 Å². The summed E-state index contributed by atoms with van der Waals surface area (Å²) in [6.07, 6.45) is 18.9. The number of hydrogen-bond acceptors (Lipinski definition) is 27. The Balaban J connectivity index is -0.000000332. The molecule has 93 heavy (non-hydrogen) atoms. The van der Waals surface area contributed by atoms with Gasteiger partial charge in [0.15, 0.2) is 56.6 Å². The molecular weight excluding hydrogens is 1240 g/mol. The molecule has 9 unspecified atom stereocenters. The third kappa shape index (κ3) is 58.8. The summed E-state index contributed by atoms with van der Waals surface area (Å²) in [4.78, 5) is 19.5. The minimum atomic E-state index is -3.41. The number of unbranched alkanes of at least 4 members (excludes halogenated alkanes) is 3. The van der Waals surface area contributed by atoms with E-state index in [1.54, 1.807) is 48.7 Å². The molecule has 0 aliphatic carbocycles. The highest BCUT2D eigenvalue weighted by molar-refractivity contribution is 7.85. The number of aliphatic hydroxyl groups excluding tert-OH is 4. The van der Waals surface area contributed by atoms with E-state index < -0.39 is 59.9 Å². The van der Waals surface area contributed by atoms with Crippen LogP contribution in [-0.4, -0.2) is 259 Å². The third-order valence-electron chi connectivity index (χ3n) is 13.5. The van der Waals surface area contributed by atoms with Crippen LogP contribution in [0, 0.1) is 0 Å². The maximum absolute atomic E-state index is 10.9. The van der Waals surface area contributed by atoms with Gasteiger partial charge in [-0.2, -0.15) is 8.42 Å². The van der Waals surface area contributed by atoms with Crippen molar-refractivity contribution in [2.75, 3.05) is 125 Å². The van der Waals surface area contributed by atoms with Crippen LogP contribution < -0.4 is 0 Å². The molecule has 9 atom stereocenters. The highest BCUT2D eigenvalue weighted by atomic mass is 32.2. The number of methoxy groups -OCH3 is 12. The van der Waals surface area contributed by atoms with Crippen molar-refractivity contribution in [1.29, 1.82) is 0 Å². The summed E-state index contributed by atoms with van der Waals surface area (Å²) in [6.45, 7) is 16.3. The largest absolute Gasteiger partial charge is 0.396 e. The van der Waals surface area contributed by atoms with Gasteiger partial charge >= 0.3 is 0 Å². The molecule has 0 bridgehead atoms. The lowest BCUT2D eigenvalue weighted by molar-refractivity contribution is -0.252. The summed E-state index contributed by atoms with van der Waals surface area (Å²) in [5.74, 6) is 0. The first-order valence-electron chi connectivity index (χ1n) is 32.9. The van der Waals surface area contributed by atoms with Gasteiger partial charge in [-0.3, -0.25) is 8.98 Å². The van der Waals surface area contributed by atoms with Crippen molar-refractivity contribution >= 4 is 22.7 Å². The Labute approximate surface area is 561 Å². The van der Waals surface area contributed by atoms with Crippen molar-refractivity contribution in [1.82, 2.24) is 0 Å². The van der Waals surface area contributed by atoms with E-state index in [0.29, 0.717) is 57.7 Å². The number of aliphatic hydroxyl groups is 4. The van der Waals surface area contributed by atoms with E-state index in [4.69, 9.17) is 90.2 Å². The summed E-state index contributed by atoms with van der Waals surface area (Å²) < 4.78 is 121. The maximum Gasteiger partial charge on any atom is 0.264 e. The zero-order chi connectivity index (χ0) is 71.5. The van der Waals surface area contributed by atoms with Crippen LogP contribution in [0.5, 0.6) is 0 Å². The second-order valence-electron chi connectivity index (χ2n) is 20.9. The predicted molar refractivity (Wildman–Crippen MR) is 353 cm³/mol. The summed E-state index contributed by atoms with van der Waals surface area (Å²) in [6, 6.07) is 0. The standard InChI is InChI=1S/C13H26O7S.C13H26O4.C12H24O5.C8H18O3.C7H14O3.C6H12O2.C4H8O3.C2H6/c1-16-13(17-2)11(7-6-10-19-21(3,14)15)20-12-8-4-5-9-18-12;1-4-5-8-11(13(14-2)15-3)17-12-9-6-7-10-16-12;1-14-12(15-2)10(6-5-8-13)17-11-7-3-4-9-16-11;1-4-5-6-7(9)8(10-2)11-3;1-4-5-6(8)7(9-2)10-3;1-2-3-4-6(8)5-7;1-6-4(3-5)7-2;1-2/h11-13H,4-10H2,1-3H3;11-13H,4-10H2,1-3H3;10-13H,3-9H2,1-2H3;7-9H,4-6H2,1-3H3;4,6-8H,1,5H2,2-3H3;5-6,8H,2-4H2,1H3;3-4H,1-2H3;1-2H3. The van der Waals surface area contributed by atoms with Crippen LogP contribution >= 0.6 is 0 Å². The van der Waals surface area contributed by atoms with E-state index in [0.717, 1.165) is 122 Å². The number of ether oxygens (including phenoxy) is 18. The molecule has 0 radical (unpaired) electrons. The van der Waals surface area contributed by atoms with Gasteiger partial charge in [-0.25, -0.2) is 0 Å². The molecule has 562 valence electrons. The molecule has 0 amide bonds. The van der Waals surface area contributed by atoms with Crippen LogP contribution in [0.1, 0.15) is 182 Å². The molecule has 3 fully saturated rings. The lowest BCUT2D eigenvalue weighted by atomic mass is 10.1. The van der Waals surface area contributed by atoms with Crippen LogP contribution in [0.25, 0.3) is 0 Å². The molecule has 0 saturated carbocycles. The Morgan fingerprint density at radius 2 is 0.796 bits per heavy atom. The highest BCUT2D eigenvalue weighted by Crippen LogP contribution is 2.24. The van der Waals surface area contributed by atoms with Gasteiger partial charge in [0.05, 0.1) is 12.9 Å². The van der Waals surface area contributed by atoms with E-state index in [-0.39, 0.29) is 56.7 Å². The van der Waals surface area contributed by atoms with Crippen molar-refractivity contribution in [2.24, 2.45) is 0 Å². The molecule has 0 aromatic rings. The molecule has 0 aromatic heterocycles. The van der Waals surface area contributed by atoms with Crippen molar-refractivity contribution in [3.05, 3.63) is 12.7 Å². The van der Waals surface area contributed by atoms with Gasteiger partial charge in [0.2, 0.25) is 6.29 Å². The molecule has 3 saturated heterocycles. The van der Waals surface area contributed by atoms with E-state index in [9.17, 15) is 28.2 Å². The van der Waals surface area contributed by atoms with Crippen LogP contribution in [0.3, 0.4) is 0 Å². The Bertz CT molecular complexity index is 1570. The minimum Gasteiger partial charge on any atom is -0.396 e. The average molecular weight is 1380 g/mol. The molecule has 4 N–H and O–H groups in total. The summed E-state index contributed by atoms with van der Waals surface area (Å²) >= 11 is 0. The smallest absolute Gasteiger partial charge is 0.264 e. The Hall–Kier alpha value is -1.89. The van der Waals surface area contributed by atoms with Crippen molar-refractivity contribution in [3.63, 3.8) is 0 Å². The molecule has 3 rings (SSSR count). The fourth-order valence-electron chi connectivity index (χ4n) is 8.58. The van der Waals surface area contributed by atoms with Gasteiger partial charge in [0.1, 0.15) is 42.9 Å². The van der Waals surface area contributed by atoms with Crippen LogP contribution in [-0.2, 0) is 109 Å². The molecular formula is C65H134O27S. The molecule has 0 aromatic carbocycles. The number of hydrogen-bond donors (Lipinski definition) is 4. The predicted octanol–water partition coefficient (Wildman–Crippen LogP) is 8.54. The zero-order valence-electron chi connectivity index (χ0n) is 60.5. The molecule has 3 aliphatic heterocycles. The number of aldehydes is 2. The van der Waals surface area contributed by atoms with E-state index in [1.807, 2.05) is 20.8 Å². The second-order valence-corrected chi connectivity index (χ2v) is 22.6. The Morgan fingerprint density at radius 3 is 1.06 bits per heavy atom. The first-order valence-corrected chi connectivity index (χ1v) is 34.7. The lowest BCUT2D eigenvalue weighted by Gasteiger charge is -2.31. The zero-order valence-corrected chi connectivity index (χ0v) is 61.3. The summed E-state index contributed by atoms with van der Waals surface area (Å²) in [5, 5.41) is 36.1. The minimum absolute atomic E-state index is 0.0342. The molecule has 28 heteroatoms. The van der Waals surface area contributed by atoms with Crippen molar-refractivity contribution in [2.45, 2.75) is 276 Å². The Kier molecular flexibility index (Phi) is 78.1. The van der Waals surface area contributed by atoms with E-state index in [1.165, 1.54) is 49.1 Å². The number of rotatable bonds is 44. The van der Waals surface area contributed by atoms with Gasteiger partial charge in [0.25, 0.3) is 10.1 Å². The van der Waals surface area contributed by atoms with Gasteiger partial charge in [-0.1, -0.05) is 79.2 Å².